The Morgan fingerprint density at radius 3 is 2.42 bits per heavy atom. The van der Waals surface area contributed by atoms with Crippen molar-refractivity contribution in [3.05, 3.63) is 59.7 Å². The molecule has 2 aromatic carbocycles. The number of hydrogen-bond acceptors (Lipinski definition) is 3. The van der Waals surface area contributed by atoms with Crippen LogP contribution in [0.15, 0.2) is 48.5 Å². The predicted octanol–water partition coefficient (Wildman–Crippen LogP) is 3.27. The van der Waals surface area contributed by atoms with E-state index < -0.39 is 0 Å². The maximum absolute atomic E-state index is 12.5. The number of carbonyl (C=O) groups is 2. The van der Waals surface area contributed by atoms with E-state index in [-0.39, 0.29) is 11.8 Å². The Morgan fingerprint density at radius 1 is 1.12 bits per heavy atom. The highest BCUT2D eigenvalue weighted by molar-refractivity contribution is 5.97. The summed E-state index contributed by atoms with van der Waals surface area (Å²) in [6.07, 6.45) is 1.49. The van der Waals surface area contributed by atoms with Gasteiger partial charge in [0.2, 0.25) is 5.91 Å². The molecule has 136 valence electrons. The Hall–Kier alpha value is -2.82. The van der Waals surface area contributed by atoms with Crippen LogP contribution in [-0.2, 0) is 4.79 Å². The molecule has 0 saturated carbocycles. The molecule has 1 heterocycles. The molecule has 1 fully saturated rings. The Morgan fingerprint density at radius 2 is 1.81 bits per heavy atom. The molecule has 2 amide bonds. The molecule has 0 aromatic heterocycles. The minimum Gasteiger partial charge on any atom is -0.492 e. The fourth-order valence-electron chi connectivity index (χ4n) is 2.96. The van der Waals surface area contributed by atoms with Crippen LogP contribution in [0.1, 0.15) is 28.8 Å². The van der Waals surface area contributed by atoms with Gasteiger partial charge in [0.15, 0.2) is 0 Å². The summed E-state index contributed by atoms with van der Waals surface area (Å²) < 4.78 is 5.68. The number of carbonyl (C=O) groups excluding carboxylic acids is 2. The first-order valence-electron chi connectivity index (χ1n) is 8.90. The third-order valence-corrected chi connectivity index (χ3v) is 4.56. The van der Waals surface area contributed by atoms with Gasteiger partial charge >= 0.3 is 0 Å². The second kappa shape index (κ2) is 8.04. The lowest BCUT2D eigenvalue weighted by Crippen LogP contribution is -2.31. The minimum absolute atomic E-state index is 0.0585. The van der Waals surface area contributed by atoms with Gasteiger partial charge in [0.05, 0.1) is 6.54 Å². The maximum Gasteiger partial charge on any atom is 0.253 e. The average molecular weight is 352 g/mol. The third-order valence-electron chi connectivity index (χ3n) is 4.56. The second-order valence-electron chi connectivity index (χ2n) is 6.58. The van der Waals surface area contributed by atoms with E-state index >= 15 is 0 Å². The summed E-state index contributed by atoms with van der Waals surface area (Å²) in [6, 6.07) is 15.1. The van der Waals surface area contributed by atoms with Crippen LogP contribution in [0.2, 0.25) is 0 Å². The van der Waals surface area contributed by atoms with Crippen molar-refractivity contribution in [2.24, 2.45) is 0 Å². The van der Waals surface area contributed by atoms with Crippen molar-refractivity contribution in [2.45, 2.75) is 19.8 Å². The normalized spacial score (nSPS) is 13.8. The van der Waals surface area contributed by atoms with E-state index in [2.05, 4.69) is 0 Å². The first kappa shape index (κ1) is 18.0. The highest BCUT2D eigenvalue weighted by Gasteiger charge is 2.22. The van der Waals surface area contributed by atoms with E-state index in [0.29, 0.717) is 25.1 Å². The van der Waals surface area contributed by atoms with Gasteiger partial charge in [-0.3, -0.25) is 9.59 Å². The Kier molecular flexibility index (Phi) is 5.56. The van der Waals surface area contributed by atoms with Crippen LogP contribution in [0.25, 0.3) is 0 Å². The van der Waals surface area contributed by atoms with Crippen molar-refractivity contribution in [1.82, 2.24) is 4.90 Å². The van der Waals surface area contributed by atoms with Gasteiger partial charge < -0.3 is 14.5 Å². The molecule has 0 bridgehead atoms. The lowest BCUT2D eigenvalue weighted by molar-refractivity contribution is -0.117. The van der Waals surface area contributed by atoms with E-state index in [1.165, 1.54) is 5.56 Å². The lowest BCUT2D eigenvalue weighted by atomic mass is 10.1. The van der Waals surface area contributed by atoms with Crippen LogP contribution in [-0.4, -0.2) is 43.5 Å². The molecule has 3 rings (SSSR count). The largest absolute Gasteiger partial charge is 0.492 e. The van der Waals surface area contributed by atoms with Gasteiger partial charge in [0, 0.05) is 31.3 Å². The number of hydrogen-bond donors (Lipinski definition) is 0. The zero-order chi connectivity index (χ0) is 18.5. The molecule has 2 aromatic rings. The van der Waals surface area contributed by atoms with Crippen molar-refractivity contribution in [1.29, 1.82) is 0 Å². The van der Waals surface area contributed by atoms with Crippen LogP contribution >= 0.6 is 0 Å². The molecule has 1 saturated heterocycles. The third kappa shape index (κ3) is 4.23. The van der Waals surface area contributed by atoms with Gasteiger partial charge in [-0.05, 0) is 49.7 Å². The molecule has 5 nitrogen and oxygen atoms in total. The molecule has 0 atom stereocenters. The van der Waals surface area contributed by atoms with Gasteiger partial charge in [0.25, 0.3) is 5.91 Å². The summed E-state index contributed by atoms with van der Waals surface area (Å²) >= 11 is 0. The van der Waals surface area contributed by atoms with Crippen molar-refractivity contribution in [2.75, 3.05) is 31.6 Å². The highest BCUT2D eigenvalue weighted by Crippen LogP contribution is 2.22. The first-order chi connectivity index (χ1) is 12.5. The zero-order valence-corrected chi connectivity index (χ0v) is 15.3. The summed E-state index contributed by atoms with van der Waals surface area (Å²) in [7, 11) is 1.76. The fraction of sp³-hybridized carbons (Fsp3) is 0.333. The zero-order valence-electron chi connectivity index (χ0n) is 15.3. The molecule has 0 unspecified atom stereocenters. The molecule has 5 heteroatoms. The molecule has 1 aliphatic heterocycles. The summed E-state index contributed by atoms with van der Waals surface area (Å²) in [6.45, 7) is 3.72. The monoisotopic (exact) mass is 352 g/mol. The van der Waals surface area contributed by atoms with Crippen LogP contribution in [0.3, 0.4) is 0 Å². The molecule has 1 aliphatic rings. The average Bonchev–Trinajstić information content (AvgIpc) is 3.09. The van der Waals surface area contributed by atoms with Gasteiger partial charge in [-0.25, -0.2) is 0 Å². The SMILES string of the molecule is Cc1ccc(OCCN(C)C(=O)c2ccc(N3CCCC3=O)cc2)cc1. The van der Waals surface area contributed by atoms with E-state index in [0.717, 1.165) is 24.4 Å². The van der Waals surface area contributed by atoms with Gasteiger partial charge in [0.1, 0.15) is 12.4 Å². The van der Waals surface area contributed by atoms with Crippen LogP contribution in [0.4, 0.5) is 5.69 Å². The number of amides is 2. The Balaban J connectivity index is 1.52. The molecular formula is C21H24N2O3. The molecule has 0 radical (unpaired) electrons. The summed E-state index contributed by atoms with van der Waals surface area (Å²) in [5.74, 6) is 0.891. The second-order valence-corrected chi connectivity index (χ2v) is 6.58. The Bertz CT molecular complexity index is 769. The molecular weight excluding hydrogens is 328 g/mol. The van der Waals surface area contributed by atoms with E-state index in [1.54, 1.807) is 29.0 Å². The standard InChI is InChI=1S/C21H24N2O3/c1-16-5-11-19(12-6-16)26-15-14-22(2)21(25)17-7-9-18(10-8-17)23-13-3-4-20(23)24/h5-12H,3-4,13-15H2,1-2H3. The molecule has 26 heavy (non-hydrogen) atoms. The van der Waals surface area contributed by atoms with Crippen molar-refractivity contribution < 1.29 is 14.3 Å². The summed E-state index contributed by atoms with van der Waals surface area (Å²) in [4.78, 5) is 27.7. The molecule has 0 N–H and O–H groups in total. The Labute approximate surface area is 154 Å². The van der Waals surface area contributed by atoms with Gasteiger partial charge in [-0.15, -0.1) is 0 Å². The van der Waals surface area contributed by atoms with E-state index in [9.17, 15) is 9.59 Å². The number of rotatable bonds is 6. The van der Waals surface area contributed by atoms with Crippen LogP contribution in [0.5, 0.6) is 5.75 Å². The number of nitrogens with zero attached hydrogens (tertiary/aromatic N) is 2. The van der Waals surface area contributed by atoms with Crippen LogP contribution in [0, 0.1) is 6.92 Å². The van der Waals surface area contributed by atoms with E-state index in [1.807, 2.05) is 43.3 Å². The van der Waals surface area contributed by atoms with Crippen LogP contribution < -0.4 is 9.64 Å². The molecule has 0 aliphatic carbocycles. The first-order valence-corrected chi connectivity index (χ1v) is 8.90. The minimum atomic E-state index is -0.0585. The van der Waals surface area contributed by atoms with Crippen molar-refractivity contribution in [3.8, 4) is 5.75 Å². The van der Waals surface area contributed by atoms with Crippen molar-refractivity contribution >= 4 is 17.5 Å². The lowest BCUT2D eigenvalue weighted by Gasteiger charge is -2.19. The fourth-order valence-corrected chi connectivity index (χ4v) is 2.96. The quantitative estimate of drug-likeness (QED) is 0.802. The highest BCUT2D eigenvalue weighted by atomic mass is 16.5. The molecule has 0 spiro atoms. The van der Waals surface area contributed by atoms with Gasteiger partial charge in [-0.1, -0.05) is 17.7 Å². The summed E-state index contributed by atoms with van der Waals surface area (Å²) in [5, 5.41) is 0. The van der Waals surface area contributed by atoms with Gasteiger partial charge in [-0.2, -0.15) is 0 Å². The van der Waals surface area contributed by atoms with Crippen molar-refractivity contribution in [3.63, 3.8) is 0 Å². The number of ether oxygens (including phenoxy) is 1. The predicted molar refractivity (Wildman–Crippen MR) is 102 cm³/mol. The topological polar surface area (TPSA) is 49.9 Å². The van der Waals surface area contributed by atoms with E-state index in [4.69, 9.17) is 4.74 Å². The number of anilines is 1. The number of aryl methyl sites for hydroxylation is 1. The summed E-state index contributed by atoms with van der Waals surface area (Å²) in [5.41, 5.74) is 2.65. The maximum atomic E-state index is 12.5. The number of benzene rings is 2. The smallest absolute Gasteiger partial charge is 0.253 e. The number of likely N-dealkylation sites (N-methyl/N-ethyl adjacent to an activating group) is 1.